The molecule has 40 heavy (non-hydrogen) atoms. The van der Waals surface area contributed by atoms with E-state index in [1.807, 2.05) is 74.7 Å². The highest BCUT2D eigenvalue weighted by Crippen LogP contribution is 2.31. The molecule has 3 aromatic heterocycles. The summed E-state index contributed by atoms with van der Waals surface area (Å²) in [7, 11) is 0. The van der Waals surface area contributed by atoms with E-state index in [9.17, 15) is 19.8 Å². The fourth-order valence-corrected chi connectivity index (χ4v) is 4.99. The van der Waals surface area contributed by atoms with Crippen molar-refractivity contribution >= 4 is 34.2 Å². The van der Waals surface area contributed by atoms with Crippen LogP contribution in [0.5, 0.6) is 11.6 Å². The number of para-hydroxylation sites is 1. The maximum absolute atomic E-state index is 13.0. The Morgan fingerprint density at radius 1 is 0.950 bits per heavy atom. The molecule has 2 aromatic carbocycles. The van der Waals surface area contributed by atoms with Crippen molar-refractivity contribution in [2.24, 2.45) is 0 Å². The lowest BCUT2D eigenvalue weighted by Gasteiger charge is -2.19. The number of fused-ring (bicyclic) bond motifs is 1. The Hall–Kier alpha value is -4.70. The average molecular weight is 557 g/mol. The zero-order chi connectivity index (χ0) is 28.4. The van der Waals surface area contributed by atoms with E-state index in [4.69, 9.17) is 4.74 Å². The maximum Gasteiger partial charge on any atom is 0.419 e. The Bertz CT molecular complexity index is 1700. The first-order valence-electron chi connectivity index (χ1n) is 12.6. The quantitative estimate of drug-likeness (QED) is 0.239. The lowest BCUT2D eigenvalue weighted by atomic mass is 9.99. The molecule has 9 nitrogen and oxygen atoms in total. The summed E-state index contributed by atoms with van der Waals surface area (Å²) in [5.41, 5.74) is 2.53. The van der Waals surface area contributed by atoms with Crippen molar-refractivity contribution in [1.29, 1.82) is 0 Å². The van der Waals surface area contributed by atoms with Crippen molar-refractivity contribution in [1.82, 2.24) is 19.9 Å². The Kier molecular flexibility index (Phi) is 7.27. The summed E-state index contributed by atoms with van der Waals surface area (Å²) < 4.78 is 7.13. The van der Waals surface area contributed by atoms with E-state index >= 15 is 0 Å². The summed E-state index contributed by atoms with van der Waals surface area (Å²) in [5.74, 6) is -1.84. The number of benzene rings is 2. The molecule has 0 saturated heterocycles. The van der Waals surface area contributed by atoms with E-state index in [1.54, 1.807) is 18.3 Å². The van der Waals surface area contributed by atoms with E-state index in [0.717, 1.165) is 27.6 Å². The van der Waals surface area contributed by atoms with Gasteiger partial charge in [0.05, 0.1) is 10.4 Å². The molecule has 0 aliphatic rings. The summed E-state index contributed by atoms with van der Waals surface area (Å²) in [6.45, 7) is 5.63. The molecular formula is C30H28N4O5S. The molecule has 0 aliphatic carbocycles. The normalized spacial score (nSPS) is 11.5. The van der Waals surface area contributed by atoms with E-state index in [-0.39, 0.29) is 18.1 Å². The minimum atomic E-state index is -0.680. The van der Waals surface area contributed by atoms with Gasteiger partial charge < -0.3 is 20.3 Å². The molecule has 0 unspecified atom stereocenters. The molecule has 0 bridgehead atoms. The van der Waals surface area contributed by atoms with Crippen LogP contribution in [0.4, 0.5) is 4.79 Å². The van der Waals surface area contributed by atoms with E-state index in [1.165, 1.54) is 15.9 Å². The van der Waals surface area contributed by atoms with Crippen LogP contribution in [0.15, 0.2) is 72.2 Å². The van der Waals surface area contributed by atoms with Gasteiger partial charge in [-0.3, -0.25) is 9.36 Å². The van der Waals surface area contributed by atoms with Gasteiger partial charge in [0.1, 0.15) is 5.60 Å². The standard InChI is InChI=1S/C30H28N4O5S/c1-30(2,3)39-29(38)34-17-20(21-11-6-7-12-22(21)34)15-18-9-4-5-10-19(18)16-31-27(36)24-25(35)28(37)33-26(32-24)23-13-8-14-40-23/h4-14,17,35H,15-16H2,1-3H3,(H,31,36)(H,32,33,37). The number of carbonyl (C=O) groups excluding carboxylic acids is 2. The van der Waals surface area contributed by atoms with Gasteiger partial charge in [-0.1, -0.05) is 48.5 Å². The van der Waals surface area contributed by atoms with Gasteiger partial charge in [-0.25, -0.2) is 9.78 Å². The third-order valence-corrected chi connectivity index (χ3v) is 7.01. The second kappa shape index (κ2) is 10.8. The smallest absolute Gasteiger partial charge is 0.419 e. The van der Waals surface area contributed by atoms with Crippen LogP contribution in [0.3, 0.4) is 0 Å². The van der Waals surface area contributed by atoms with Crippen molar-refractivity contribution < 1.29 is 24.5 Å². The van der Waals surface area contributed by atoms with Crippen LogP contribution in [0.25, 0.3) is 21.6 Å². The number of aromatic nitrogens is 3. The van der Waals surface area contributed by atoms with Gasteiger partial charge in [0.25, 0.3) is 11.8 Å². The largest absolute Gasteiger partial charge is 0.501 e. The fourth-order valence-electron chi connectivity index (χ4n) is 4.34. The first-order chi connectivity index (χ1) is 19.1. The number of hydrogen-bond acceptors (Lipinski definition) is 8. The summed E-state index contributed by atoms with van der Waals surface area (Å²) >= 11 is 1.35. The average Bonchev–Trinajstić information content (AvgIpc) is 3.58. The Balaban J connectivity index is 1.39. The lowest BCUT2D eigenvalue weighted by molar-refractivity contribution is 0.0544. The third kappa shape index (κ3) is 5.67. The number of nitrogens with one attached hydrogen (secondary N) is 1. The molecular weight excluding hydrogens is 528 g/mol. The number of hydrogen-bond donors (Lipinski definition) is 3. The summed E-state index contributed by atoms with van der Waals surface area (Å²) in [5, 5.41) is 25.9. The minimum Gasteiger partial charge on any atom is -0.501 e. The number of aromatic hydroxyl groups is 2. The van der Waals surface area contributed by atoms with Gasteiger partial charge in [-0.05, 0) is 61.4 Å². The predicted octanol–water partition coefficient (Wildman–Crippen LogP) is 5.88. The molecule has 0 saturated carbocycles. The maximum atomic E-state index is 13.0. The van der Waals surface area contributed by atoms with Crippen molar-refractivity contribution in [3.8, 4) is 22.3 Å². The number of thiophene rings is 1. The van der Waals surface area contributed by atoms with Crippen molar-refractivity contribution in [2.45, 2.75) is 39.3 Å². The first kappa shape index (κ1) is 26.9. The van der Waals surface area contributed by atoms with E-state index < -0.39 is 29.2 Å². The number of ether oxygens (including phenoxy) is 1. The van der Waals surface area contributed by atoms with Crippen LogP contribution in [-0.4, -0.2) is 42.3 Å². The second-order valence-electron chi connectivity index (χ2n) is 10.2. The molecule has 3 heterocycles. The number of carbonyl (C=O) groups is 2. The zero-order valence-electron chi connectivity index (χ0n) is 22.2. The van der Waals surface area contributed by atoms with Crippen molar-refractivity contribution in [3.63, 3.8) is 0 Å². The van der Waals surface area contributed by atoms with Gasteiger partial charge in [0.15, 0.2) is 11.5 Å². The van der Waals surface area contributed by atoms with Gasteiger partial charge >= 0.3 is 6.09 Å². The molecule has 3 N–H and O–H groups in total. The Morgan fingerprint density at radius 2 is 1.68 bits per heavy atom. The van der Waals surface area contributed by atoms with Crippen LogP contribution in [0.1, 0.15) is 48.0 Å². The van der Waals surface area contributed by atoms with Crippen LogP contribution < -0.4 is 5.32 Å². The molecule has 0 atom stereocenters. The fraction of sp³-hybridized carbons (Fsp3) is 0.200. The van der Waals surface area contributed by atoms with Gasteiger partial charge in [0, 0.05) is 18.1 Å². The number of rotatable bonds is 6. The van der Waals surface area contributed by atoms with Crippen LogP contribution in [0.2, 0.25) is 0 Å². The summed E-state index contributed by atoms with van der Waals surface area (Å²) in [6.07, 6.45) is 1.84. The molecule has 0 radical (unpaired) electrons. The molecule has 0 aliphatic heterocycles. The highest BCUT2D eigenvalue weighted by Gasteiger charge is 2.22. The minimum absolute atomic E-state index is 0.150. The third-order valence-electron chi connectivity index (χ3n) is 6.15. The van der Waals surface area contributed by atoms with Crippen LogP contribution in [0, 0.1) is 0 Å². The van der Waals surface area contributed by atoms with Crippen molar-refractivity contribution in [2.75, 3.05) is 0 Å². The zero-order valence-corrected chi connectivity index (χ0v) is 23.0. The SMILES string of the molecule is CC(C)(C)OC(=O)n1cc(Cc2ccccc2CNC(=O)c2nc(-c3cccs3)nc(O)c2O)c2ccccc21. The summed E-state index contributed by atoms with van der Waals surface area (Å²) in [6, 6.07) is 18.8. The van der Waals surface area contributed by atoms with E-state index in [0.29, 0.717) is 11.3 Å². The van der Waals surface area contributed by atoms with Gasteiger partial charge in [0.2, 0.25) is 5.75 Å². The highest BCUT2D eigenvalue weighted by molar-refractivity contribution is 7.13. The van der Waals surface area contributed by atoms with Gasteiger partial charge in [-0.2, -0.15) is 4.98 Å². The monoisotopic (exact) mass is 556 g/mol. The molecule has 1 amide bonds. The molecule has 0 spiro atoms. The topological polar surface area (TPSA) is 127 Å². The number of nitrogens with zero attached hydrogens (tertiary/aromatic N) is 3. The molecule has 204 valence electrons. The van der Waals surface area contributed by atoms with Crippen LogP contribution in [-0.2, 0) is 17.7 Å². The molecule has 10 heteroatoms. The van der Waals surface area contributed by atoms with Gasteiger partial charge in [-0.15, -0.1) is 11.3 Å². The highest BCUT2D eigenvalue weighted by atomic mass is 32.1. The predicted molar refractivity (Wildman–Crippen MR) is 153 cm³/mol. The summed E-state index contributed by atoms with van der Waals surface area (Å²) in [4.78, 5) is 34.7. The molecule has 5 aromatic rings. The van der Waals surface area contributed by atoms with E-state index in [2.05, 4.69) is 15.3 Å². The van der Waals surface area contributed by atoms with Crippen LogP contribution >= 0.6 is 11.3 Å². The first-order valence-corrected chi connectivity index (χ1v) is 13.5. The molecule has 5 rings (SSSR count). The molecule has 0 fully saturated rings. The Morgan fingerprint density at radius 3 is 2.40 bits per heavy atom. The Labute approximate surface area is 234 Å². The number of amides is 1. The van der Waals surface area contributed by atoms with Crippen molar-refractivity contribution in [3.05, 3.63) is 94.6 Å². The second-order valence-corrected chi connectivity index (χ2v) is 11.1. The lowest BCUT2D eigenvalue weighted by Crippen LogP contribution is -2.26.